The van der Waals surface area contributed by atoms with Crippen LogP contribution >= 0.6 is 11.8 Å². The third-order valence-corrected chi connectivity index (χ3v) is 7.25. The first-order valence-electron chi connectivity index (χ1n) is 8.87. The number of ether oxygens (including phenoxy) is 1. The lowest BCUT2D eigenvalue weighted by Crippen LogP contribution is -2.27. The van der Waals surface area contributed by atoms with Gasteiger partial charge in [-0.1, -0.05) is 12.1 Å². The first kappa shape index (κ1) is 20.6. The number of hydrogen-bond donors (Lipinski definition) is 0. The summed E-state index contributed by atoms with van der Waals surface area (Å²) in [7, 11) is -3.52. The number of thioether (sulfide) groups is 1. The Bertz CT molecular complexity index is 964. The van der Waals surface area contributed by atoms with E-state index in [-0.39, 0.29) is 10.7 Å². The van der Waals surface area contributed by atoms with E-state index >= 15 is 0 Å². The van der Waals surface area contributed by atoms with Crippen molar-refractivity contribution >= 4 is 33.5 Å². The molecule has 2 aromatic carbocycles. The molecule has 1 saturated heterocycles. The van der Waals surface area contributed by atoms with Crippen molar-refractivity contribution in [3.63, 3.8) is 0 Å². The Labute approximate surface area is 168 Å². The molecule has 3 rings (SSSR count). The van der Waals surface area contributed by atoms with Crippen LogP contribution in [0.25, 0.3) is 0 Å². The molecule has 1 aliphatic heterocycles. The Morgan fingerprint density at radius 2 is 1.68 bits per heavy atom. The smallest absolute Gasteiger partial charge is 0.339 e. The van der Waals surface area contributed by atoms with E-state index in [9.17, 15) is 18.0 Å². The highest BCUT2D eigenvalue weighted by atomic mass is 32.2. The largest absolute Gasteiger partial charge is 0.454 e. The van der Waals surface area contributed by atoms with Crippen LogP contribution in [0, 0.1) is 0 Å². The SMILES string of the molecule is CSc1ccccc1C(=O)OCC(=O)c1ccc(S(=O)(=O)N2CCCC2)cc1. The molecule has 0 radical (unpaired) electrons. The summed E-state index contributed by atoms with van der Waals surface area (Å²) in [6, 6.07) is 12.8. The molecule has 0 aromatic heterocycles. The van der Waals surface area contributed by atoms with Crippen molar-refractivity contribution < 1.29 is 22.7 Å². The van der Waals surface area contributed by atoms with E-state index in [1.54, 1.807) is 12.1 Å². The van der Waals surface area contributed by atoms with Crippen LogP contribution < -0.4 is 0 Å². The fourth-order valence-corrected chi connectivity index (χ4v) is 5.10. The zero-order chi connectivity index (χ0) is 20.1. The van der Waals surface area contributed by atoms with Crippen LogP contribution in [-0.2, 0) is 14.8 Å². The first-order valence-corrected chi connectivity index (χ1v) is 11.5. The van der Waals surface area contributed by atoms with E-state index in [0.717, 1.165) is 17.7 Å². The Hall–Kier alpha value is -2.16. The summed E-state index contributed by atoms with van der Waals surface area (Å²) in [5.74, 6) is -0.952. The molecule has 1 heterocycles. The van der Waals surface area contributed by atoms with E-state index in [0.29, 0.717) is 24.2 Å². The number of esters is 1. The molecule has 2 aromatic rings. The fourth-order valence-electron chi connectivity index (χ4n) is 3.00. The molecule has 0 spiro atoms. The van der Waals surface area contributed by atoms with Crippen molar-refractivity contribution in [1.29, 1.82) is 0 Å². The average molecular weight is 420 g/mol. The summed E-state index contributed by atoms with van der Waals surface area (Å²) in [5, 5.41) is 0. The van der Waals surface area contributed by atoms with Gasteiger partial charge < -0.3 is 4.74 Å². The van der Waals surface area contributed by atoms with Gasteiger partial charge in [0.25, 0.3) is 0 Å². The maximum atomic E-state index is 12.5. The van der Waals surface area contributed by atoms with Crippen molar-refractivity contribution in [2.24, 2.45) is 0 Å². The summed E-state index contributed by atoms with van der Waals surface area (Å²) < 4.78 is 31.6. The van der Waals surface area contributed by atoms with Crippen molar-refractivity contribution in [3.8, 4) is 0 Å². The monoisotopic (exact) mass is 419 g/mol. The third kappa shape index (κ3) is 4.45. The van der Waals surface area contributed by atoms with Gasteiger partial charge in [-0.3, -0.25) is 4.79 Å². The molecule has 1 fully saturated rings. The maximum absolute atomic E-state index is 12.5. The molecule has 6 nitrogen and oxygen atoms in total. The highest BCUT2D eigenvalue weighted by Gasteiger charge is 2.27. The van der Waals surface area contributed by atoms with E-state index < -0.39 is 22.6 Å². The summed E-state index contributed by atoms with van der Waals surface area (Å²) in [6.07, 6.45) is 3.58. The number of hydrogen-bond acceptors (Lipinski definition) is 6. The Kier molecular flexibility index (Phi) is 6.53. The van der Waals surface area contributed by atoms with Gasteiger partial charge >= 0.3 is 5.97 Å². The van der Waals surface area contributed by atoms with E-state index in [4.69, 9.17) is 4.74 Å². The van der Waals surface area contributed by atoms with Crippen LogP contribution in [0.3, 0.4) is 0 Å². The molecule has 0 bridgehead atoms. The number of nitrogens with zero attached hydrogens (tertiary/aromatic N) is 1. The number of carbonyl (C=O) groups excluding carboxylic acids is 2. The van der Waals surface area contributed by atoms with E-state index in [1.807, 2.05) is 18.4 Å². The summed E-state index contributed by atoms with van der Waals surface area (Å²) in [4.78, 5) is 25.5. The Morgan fingerprint density at radius 3 is 2.32 bits per heavy atom. The van der Waals surface area contributed by atoms with Crippen molar-refractivity contribution in [2.45, 2.75) is 22.6 Å². The van der Waals surface area contributed by atoms with Crippen LogP contribution in [0.15, 0.2) is 58.3 Å². The zero-order valence-corrected chi connectivity index (χ0v) is 17.1. The lowest BCUT2D eigenvalue weighted by atomic mass is 10.1. The number of carbonyl (C=O) groups is 2. The molecule has 0 atom stereocenters. The van der Waals surface area contributed by atoms with Crippen LogP contribution in [0.4, 0.5) is 0 Å². The second-order valence-electron chi connectivity index (χ2n) is 6.34. The minimum Gasteiger partial charge on any atom is -0.454 e. The number of sulfonamides is 1. The number of rotatable bonds is 7. The lowest BCUT2D eigenvalue weighted by Gasteiger charge is -2.15. The number of benzene rings is 2. The second-order valence-corrected chi connectivity index (χ2v) is 9.12. The standard InChI is InChI=1S/C20H21NO5S2/c1-27-19-7-3-2-6-17(19)20(23)26-14-18(22)15-8-10-16(11-9-15)28(24,25)21-12-4-5-13-21/h2-3,6-11H,4-5,12-14H2,1H3. The Balaban J connectivity index is 1.64. The molecule has 0 N–H and O–H groups in total. The van der Waals surface area contributed by atoms with Gasteiger partial charge in [0.1, 0.15) is 0 Å². The van der Waals surface area contributed by atoms with Crippen molar-refractivity contribution in [3.05, 3.63) is 59.7 Å². The van der Waals surface area contributed by atoms with Gasteiger partial charge in [-0.25, -0.2) is 13.2 Å². The number of ketones is 1. The predicted molar refractivity (Wildman–Crippen MR) is 107 cm³/mol. The predicted octanol–water partition coefficient (Wildman–Crippen LogP) is 3.23. The molecule has 28 heavy (non-hydrogen) atoms. The maximum Gasteiger partial charge on any atom is 0.339 e. The van der Waals surface area contributed by atoms with Crippen LogP contribution in [0.1, 0.15) is 33.6 Å². The third-order valence-electron chi connectivity index (χ3n) is 4.54. The molecule has 0 aliphatic carbocycles. The highest BCUT2D eigenvalue weighted by Crippen LogP contribution is 2.22. The summed E-state index contributed by atoms with van der Waals surface area (Å²) >= 11 is 1.42. The van der Waals surface area contributed by atoms with Gasteiger partial charge in [-0.05, 0) is 55.5 Å². The second kappa shape index (κ2) is 8.89. The van der Waals surface area contributed by atoms with Crippen LogP contribution in [-0.4, -0.2) is 50.4 Å². The van der Waals surface area contributed by atoms with Crippen molar-refractivity contribution in [2.75, 3.05) is 26.0 Å². The first-order chi connectivity index (χ1) is 13.4. The number of Topliss-reactive ketones (excluding diaryl/α,β-unsaturated/α-hetero) is 1. The van der Waals surface area contributed by atoms with Gasteiger partial charge in [0.15, 0.2) is 12.4 Å². The average Bonchev–Trinajstić information content (AvgIpc) is 3.27. The van der Waals surface area contributed by atoms with E-state index in [1.165, 1.54) is 40.3 Å². The zero-order valence-electron chi connectivity index (χ0n) is 15.5. The summed E-state index contributed by atoms with van der Waals surface area (Å²) in [6.45, 7) is 0.646. The molecule has 8 heteroatoms. The molecule has 0 saturated carbocycles. The molecular formula is C20H21NO5S2. The molecule has 148 valence electrons. The normalized spacial score (nSPS) is 14.8. The van der Waals surface area contributed by atoms with Gasteiger partial charge in [-0.15, -0.1) is 11.8 Å². The topological polar surface area (TPSA) is 80.8 Å². The Morgan fingerprint density at radius 1 is 1.04 bits per heavy atom. The van der Waals surface area contributed by atoms with Gasteiger partial charge in [0.2, 0.25) is 10.0 Å². The quantitative estimate of drug-likeness (QED) is 0.389. The highest BCUT2D eigenvalue weighted by molar-refractivity contribution is 7.98. The van der Waals surface area contributed by atoms with Gasteiger partial charge in [0, 0.05) is 23.5 Å². The van der Waals surface area contributed by atoms with Crippen LogP contribution in [0.2, 0.25) is 0 Å². The molecule has 0 amide bonds. The summed E-state index contributed by atoms with van der Waals surface area (Å²) in [5.41, 5.74) is 0.709. The van der Waals surface area contributed by atoms with E-state index in [2.05, 4.69) is 0 Å². The lowest BCUT2D eigenvalue weighted by molar-refractivity contribution is 0.0471. The molecular weight excluding hydrogens is 398 g/mol. The molecule has 1 aliphatic rings. The van der Waals surface area contributed by atoms with Crippen LogP contribution in [0.5, 0.6) is 0 Å². The fraction of sp³-hybridized carbons (Fsp3) is 0.300. The van der Waals surface area contributed by atoms with Gasteiger partial charge in [-0.2, -0.15) is 4.31 Å². The minimum absolute atomic E-state index is 0.164. The van der Waals surface area contributed by atoms with Gasteiger partial charge in [0.05, 0.1) is 10.5 Å². The minimum atomic E-state index is -3.52. The van der Waals surface area contributed by atoms with Crippen molar-refractivity contribution in [1.82, 2.24) is 4.31 Å². The molecule has 0 unspecified atom stereocenters.